The summed E-state index contributed by atoms with van der Waals surface area (Å²) in [4.78, 5) is 10.5. The van der Waals surface area contributed by atoms with Crippen molar-refractivity contribution in [2.24, 2.45) is 0 Å². The van der Waals surface area contributed by atoms with Crippen molar-refractivity contribution >= 4 is 5.97 Å². The van der Waals surface area contributed by atoms with Gasteiger partial charge in [0.05, 0.1) is 12.2 Å². The van der Waals surface area contributed by atoms with Gasteiger partial charge >= 0.3 is 5.97 Å². The van der Waals surface area contributed by atoms with Gasteiger partial charge in [0.1, 0.15) is 6.33 Å². The molecular formula is C7H7N5O3. The fourth-order valence-electron chi connectivity index (χ4n) is 1.04. The minimum Gasteiger partial charge on any atom is -0.475 e. The number of aromatic carboxylic acids is 1. The van der Waals surface area contributed by atoms with Crippen LogP contribution in [-0.4, -0.2) is 36.4 Å². The smallest absolute Gasteiger partial charge is 0.374 e. The minimum absolute atomic E-state index is 0.165. The first-order chi connectivity index (χ1) is 7.25. The van der Waals surface area contributed by atoms with E-state index in [0.717, 1.165) is 0 Å². The van der Waals surface area contributed by atoms with Crippen molar-refractivity contribution in [2.45, 2.75) is 13.0 Å². The standard InChI is InChI=1S/C7H7N5O3/c13-7(14)6-3-5(9-15-6)1-2-12-4-8-10-11-12/h3-4H,1-2H2,(H,13,14). The summed E-state index contributed by atoms with van der Waals surface area (Å²) < 4.78 is 6.11. The van der Waals surface area contributed by atoms with E-state index in [2.05, 4.69) is 25.2 Å². The Morgan fingerprint density at radius 3 is 3.07 bits per heavy atom. The molecule has 2 aromatic rings. The van der Waals surface area contributed by atoms with Gasteiger partial charge in [-0.15, -0.1) is 5.10 Å². The van der Waals surface area contributed by atoms with Crippen LogP contribution in [0.4, 0.5) is 0 Å². The summed E-state index contributed by atoms with van der Waals surface area (Å²) >= 11 is 0. The number of nitrogens with zero attached hydrogens (tertiary/aromatic N) is 5. The molecule has 2 heterocycles. The molecule has 0 bridgehead atoms. The van der Waals surface area contributed by atoms with Crippen LogP contribution < -0.4 is 0 Å². The molecule has 0 radical (unpaired) electrons. The summed E-state index contributed by atoms with van der Waals surface area (Å²) in [6, 6.07) is 1.38. The molecule has 0 saturated heterocycles. The van der Waals surface area contributed by atoms with Crippen LogP contribution in [0.2, 0.25) is 0 Å². The number of hydrogen-bond acceptors (Lipinski definition) is 6. The second kappa shape index (κ2) is 3.86. The van der Waals surface area contributed by atoms with Crippen LogP contribution in [0.15, 0.2) is 16.9 Å². The third-order valence-electron chi connectivity index (χ3n) is 1.76. The Morgan fingerprint density at radius 2 is 2.47 bits per heavy atom. The first-order valence-corrected chi connectivity index (χ1v) is 4.15. The van der Waals surface area contributed by atoms with Gasteiger partial charge in [-0.25, -0.2) is 9.48 Å². The van der Waals surface area contributed by atoms with Gasteiger partial charge < -0.3 is 9.63 Å². The molecule has 8 heteroatoms. The van der Waals surface area contributed by atoms with Gasteiger partial charge in [0.2, 0.25) is 5.76 Å². The molecule has 8 nitrogen and oxygen atoms in total. The van der Waals surface area contributed by atoms with E-state index < -0.39 is 5.97 Å². The number of tetrazole rings is 1. The van der Waals surface area contributed by atoms with Gasteiger partial charge in [-0.1, -0.05) is 5.16 Å². The van der Waals surface area contributed by atoms with Crippen molar-refractivity contribution in [3.8, 4) is 0 Å². The summed E-state index contributed by atoms with van der Waals surface area (Å²) in [6.07, 6.45) is 1.99. The maximum absolute atomic E-state index is 10.5. The van der Waals surface area contributed by atoms with Crippen LogP contribution >= 0.6 is 0 Å². The van der Waals surface area contributed by atoms with Crippen molar-refractivity contribution < 1.29 is 14.4 Å². The fraction of sp³-hybridized carbons (Fsp3) is 0.286. The zero-order valence-electron chi connectivity index (χ0n) is 7.57. The summed E-state index contributed by atoms with van der Waals surface area (Å²) in [5, 5.41) is 22.8. The highest BCUT2D eigenvalue weighted by Gasteiger charge is 2.10. The van der Waals surface area contributed by atoms with Gasteiger partial charge in [0, 0.05) is 12.5 Å². The third kappa shape index (κ3) is 2.16. The lowest BCUT2D eigenvalue weighted by molar-refractivity contribution is 0.0652. The Balaban J connectivity index is 1.96. The molecule has 0 saturated carbocycles. The number of carbonyl (C=O) groups is 1. The molecule has 78 valence electrons. The molecule has 0 fully saturated rings. The third-order valence-corrected chi connectivity index (χ3v) is 1.76. The zero-order valence-corrected chi connectivity index (χ0v) is 7.57. The van der Waals surface area contributed by atoms with E-state index in [9.17, 15) is 4.79 Å². The molecule has 0 spiro atoms. The molecule has 1 N–H and O–H groups in total. The molecule has 0 unspecified atom stereocenters. The van der Waals surface area contributed by atoms with Crippen molar-refractivity contribution in [3.05, 3.63) is 23.8 Å². The second-order valence-corrected chi connectivity index (χ2v) is 2.81. The average molecular weight is 209 g/mol. The predicted molar refractivity (Wildman–Crippen MR) is 45.0 cm³/mol. The average Bonchev–Trinajstić information content (AvgIpc) is 2.86. The maximum Gasteiger partial charge on any atom is 0.374 e. The number of carboxylic acid groups (broad SMARTS) is 1. The van der Waals surface area contributed by atoms with Gasteiger partial charge in [0.15, 0.2) is 0 Å². The Bertz CT molecular complexity index is 449. The van der Waals surface area contributed by atoms with Crippen LogP contribution in [0.5, 0.6) is 0 Å². The highest BCUT2D eigenvalue weighted by molar-refractivity contribution is 5.84. The largest absolute Gasteiger partial charge is 0.475 e. The lowest BCUT2D eigenvalue weighted by Crippen LogP contribution is -2.02. The van der Waals surface area contributed by atoms with Crippen LogP contribution in [0.3, 0.4) is 0 Å². The zero-order chi connectivity index (χ0) is 10.7. The first-order valence-electron chi connectivity index (χ1n) is 4.15. The predicted octanol–water partition coefficient (Wildman–Crippen LogP) is -0.398. The molecule has 0 amide bonds. The highest BCUT2D eigenvalue weighted by atomic mass is 16.5. The van der Waals surface area contributed by atoms with Crippen LogP contribution in [0.1, 0.15) is 16.2 Å². The SMILES string of the molecule is O=C(O)c1cc(CCn2cnnn2)no1. The summed E-state index contributed by atoms with van der Waals surface area (Å²) in [5.41, 5.74) is 0.558. The van der Waals surface area contributed by atoms with E-state index in [1.807, 2.05) is 0 Å². The van der Waals surface area contributed by atoms with E-state index in [1.54, 1.807) is 0 Å². The summed E-state index contributed by atoms with van der Waals surface area (Å²) in [7, 11) is 0. The van der Waals surface area contributed by atoms with E-state index in [4.69, 9.17) is 5.11 Å². The van der Waals surface area contributed by atoms with Crippen LogP contribution in [-0.2, 0) is 13.0 Å². The van der Waals surface area contributed by atoms with E-state index in [0.29, 0.717) is 18.7 Å². The van der Waals surface area contributed by atoms with E-state index in [-0.39, 0.29) is 5.76 Å². The maximum atomic E-state index is 10.5. The molecule has 0 aliphatic carbocycles. The number of hydrogen-bond donors (Lipinski definition) is 1. The van der Waals surface area contributed by atoms with E-state index in [1.165, 1.54) is 17.1 Å². The Labute approximate surface area is 83.5 Å². The van der Waals surface area contributed by atoms with Gasteiger partial charge in [-0.05, 0) is 10.4 Å². The van der Waals surface area contributed by atoms with Crippen molar-refractivity contribution in [3.63, 3.8) is 0 Å². The molecule has 0 atom stereocenters. The number of carboxylic acids is 1. The number of aryl methyl sites for hydroxylation is 2. The lowest BCUT2D eigenvalue weighted by atomic mass is 10.3. The van der Waals surface area contributed by atoms with Crippen molar-refractivity contribution in [2.75, 3.05) is 0 Å². The molecular weight excluding hydrogens is 202 g/mol. The van der Waals surface area contributed by atoms with E-state index >= 15 is 0 Å². The van der Waals surface area contributed by atoms with Gasteiger partial charge in [0.25, 0.3) is 0 Å². The van der Waals surface area contributed by atoms with Crippen LogP contribution in [0.25, 0.3) is 0 Å². The van der Waals surface area contributed by atoms with Crippen LogP contribution in [0, 0.1) is 0 Å². The first kappa shape index (κ1) is 9.31. The van der Waals surface area contributed by atoms with Gasteiger partial charge in [-0.3, -0.25) is 0 Å². The van der Waals surface area contributed by atoms with Crippen molar-refractivity contribution in [1.82, 2.24) is 25.4 Å². The summed E-state index contributed by atoms with van der Waals surface area (Å²) in [6.45, 7) is 0.526. The molecule has 0 aliphatic heterocycles. The molecule has 15 heavy (non-hydrogen) atoms. The number of rotatable bonds is 4. The van der Waals surface area contributed by atoms with Gasteiger partial charge in [-0.2, -0.15) is 0 Å². The molecule has 2 rings (SSSR count). The van der Waals surface area contributed by atoms with Crippen molar-refractivity contribution in [1.29, 1.82) is 0 Å². The molecule has 2 aromatic heterocycles. The quantitative estimate of drug-likeness (QED) is 0.729. The molecule has 0 aliphatic rings. The topological polar surface area (TPSA) is 107 Å². The Morgan fingerprint density at radius 1 is 1.60 bits per heavy atom. The lowest BCUT2D eigenvalue weighted by Gasteiger charge is -1.93. The fourth-order valence-corrected chi connectivity index (χ4v) is 1.04. The minimum atomic E-state index is -1.13. The molecule has 0 aromatic carbocycles. The second-order valence-electron chi connectivity index (χ2n) is 2.81. The Hall–Kier alpha value is -2.25. The summed E-state index contributed by atoms with van der Waals surface area (Å²) in [5.74, 6) is -1.29. The normalized spacial score (nSPS) is 10.4. The number of aromatic nitrogens is 5. The Kier molecular flexibility index (Phi) is 2.40. The monoisotopic (exact) mass is 209 g/mol. The highest BCUT2D eigenvalue weighted by Crippen LogP contribution is 2.04.